The molecule has 10 heteroatoms. The minimum atomic E-state index is 0. The molecule has 8 rings (SSSR count). The number of carbonyl (C=O) groups is 2. The van der Waals surface area contributed by atoms with E-state index in [-0.39, 0.29) is 87.0 Å². The Balaban J connectivity index is 0.000000290. The second kappa shape index (κ2) is 34.4. The number of hydrogen-bond donors (Lipinski definition) is 2. The Morgan fingerprint density at radius 2 is 0.852 bits per heavy atom. The summed E-state index contributed by atoms with van der Waals surface area (Å²) in [5.41, 5.74) is 15.5. The Morgan fingerprint density at radius 3 is 1.22 bits per heavy atom. The minimum Gasteiger partial charge on any atom is -0.512 e. The van der Waals surface area contributed by atoms with Crippen LogP contribution in [0.5, 0.6) is 0 Å². The van der Waals surface area contributed by atoms with Crippen LogP contribution >= 0.6 is 22.7 Å². The number of aliphatic hydroxyl groups is 2. The smallest absolute Gasteiger partial charge is 0.162 e. The molecule has 0 atom stereocenters. The van der Waals surface area contributed by atoms with Gasteiger partial charge in [0.1, 0.15) is 0 Å². The van der Waals surface area contributed by atoms with Crippen LogP contribution < -0.4 is 0 Å². The van der Waals surface area contributed by atoms with E-state index >= 15 is 0 Å². The number of thiophene rings is 2. The Kier molecular flexibility index (Phi) is 29.8. The van der Waals surface area contributed by atoms with E-state index in [4.69, 9.17) is 0 Å². The number of pyridine rings is 2. The molecule has 4 aromatic carbocycles. The van der Waals surface area contributed by atoms with Crippen LogP contribution in [-0.2, 0) is 49.8 Å². The van der Waals surface area contributed by atoms with Gasteiger partial charge in [-0.2, -0.15) is 0 Å². The van der Waals surface area contributed by atoms with Crippen molar-refractivity contribution >= 4 is 54.4 Å². The molecule has 0 saturated carbocycles. The summed E-state index contributed by atoms with van der Waals surface area (Å²) in [6.45, 7) is 31.0. The average molecular weight is 1480 g/mol. The first kappa shape index (κ1) is 70.1. The predicted molar refractivity (Wildman–Crippen MR) is 340 cm³/mol. The Bertz CT molecular complexity index is 3230. The molecule has 4 heterocycles. The van der Waals surface area contributed by atoms with Crippen molar-refractivity contribution in [2.75, 3.05) is 0 Å². The Hall–Kier alpha value is -5.18. The zero-order valence-electron chi connectivity index (χ0n) is 50.5. The van der Waals surface area contributed by atoms with Crippen LogP contribution in [0, 0.1) is 84.3 Å². The van der Waals surface area contributed by atoms with E-state index in [1.807, 2.05) is 90.5 Å². The first-order valence-corrected chi connectivity index (χ1v) is 30.3. The van der Waals surface area contributed by atoms with Gasteiger partial charge in [-0.25, -0.2) is 0 Å². The molecule has 0 bridgehead atoms. The van der Waals surface area contributed by atoms with E-state index in [1.165, 1.54) is 81.0 Å². The van der Waals surface area contributed by atoms with Crippen molar-refractivity contribution in [1.29, 1.82) is 0 Å². The van der Waals surface area contributed by atoms with Crippen LogP contribution in [0.2, 0.25) is 0 Å². The zero-order valence-corrected chi connectivity index (χ0v) is 56.9. The SMILES string of the molecule is CCC(CC)C(=O)C=C(O)C(CC)CC.CCC(CC)C(=O)C=C(O)C(CC)CC.Cc1[c-]c(-c2cc3sc(-c4c(C)cccc4C)cc3cn2)cc(C)c1.Cc1[c-]c(-c2cc3sc(-c4ccc(C)cc4)cc3cn2)cc(C)c1.[Ir].[Ir]. The summed E-state index contributed by atoms with van der Waals surface area (Å²) in [6.07, 6.45) is 13.8. The van der Waals surface area contributed by atoms with Gasteiger partial charge in [0.15, 0.2) is 11.6 Å². The quantitative estimate of drug-likeness (QED) is 0.0504. The molecule has 0 spiro atoms. The number of fused-ring (bicyclic) bond motifs is 2. The number of aryl methyl sites for hydroxylation is 7. The Morgan fingerprint density at radius 1 is 0.481 bits per heavy atom. The molecule has 436 valence electrons. The second-order valence-corrected chi connectivity index (χ2v) is 23.2. The summed E-state index contributed by atoms with van der Waals surface area (Å²) in [6, 6.07) is 39.5. The van der Waals surface area contributed by atoms with Gasteiger partial charge >= 0.3 is 0 Å². The first-order chi connectivity index (χ1) is 37.8. The fourth-order valence-electron chi connectivity index (χ4n) is 9.97. The van der Waals surface area contributed by atoms with Crippen molar-refractivity contribution in [3.63, 3.8) is 0 Å². The van der Waals surface area contributed by atoms with Crippen LogP contribution in [0.1, 0.15) is 146 Å². The van der Waals surface area contributed by atoms with E-state index in [2.05, 4.69) is 162 Å². The summed E-state index contributed by atoms with van der Waals surface area (Å²) >= 11 is 3.66. The van der Waals surface area contributed by atoms with Gasteiger partial charge < -0.3 is 20.2 Å². The van der Waals surface area contributed by atoms with Crippen LogP contribution in [0.3, 0.4) is 0 Å². The van der Waals surface area contributed by atoms with Crippen molar-refractivity contribution in [3.8, 4) is 43.4 Å². The number of nitrogens with zero attached hydrogens (tertiary/aromatic N) is 2. The molecular weight excluding hydrogens is 1390 g/mol. The van der Waals surface area contributed by atoms with Gasteiger partial charge in [0.2, 0.25) is 0 Å². The van der Waals surface area contributed by atoms with Gasteiger partial charge in [0, 0.05) is 118 Å². The average Bonchev–Trinajstić information content (AvgIpc) is 4.14. The summed E-state index contributed by atoms with van der Waals surface area (Å²) in [5, 5.41) is 21.9. The molecule has 0 unspecified atom stereocenters. The normalized spacial score (nSPS) is 11.4. The maximum absolute atomic E-state index is 11.7. The predicted octanol–water partition coefficient (Wildman–Crippen LogP) is 20.8. The molecule has 2 radical (unpaired) electrons. The first-order valence-electron chi connectivity index (χ1n) is 28.6. The standard InChI is InChI=1S/C23H20NS.C22H18NS.2C13H24O2.2Ir/c1-14-8-15(2)10-18(9-14)20-12-21-19(13-24-20)11-22(25-21)23-16(3)6-5-7-17(23)4;1-14-4-6-17(7-5-14)21-11-19-13-23-20(12-22(19)24-21)18-9-15(2)8-16(3)10-18;2*1-5-10(6-2)12(14)9-13(15)11(7-3)8-4;;/h5-9,11-13H,1-4H3;4-9,11-13H,1-3H3;2*9-11,14H,5-8H2,1-4H3;;/q2*-1;;;;. The molecule has 0 saturated heterocycles. The molecule has 2 N–H and O–H groups in total. The largest absolute Gasteiger partial charge is 0.512 e. The fourth-order valence-corrected chi connectivity index (χ4v) is 12.3. The third kappa shape index (κ3) is 20.0. The van der Waals surface area contributed by atoms with Crippen LogP contribution in [0.15, 0.2) is 127 Å². The number of aromatic nitrogens is 2. The molecule has 4 aromatic heterocycles. The van der Waals surface area contributed by atoms with Crippen molar-refractivity contribution in [3.05, 3.63) is 178 Å². The van der Waals surface area contributed by atoms with Crippen molar-refractivity contribution in [1.82, 2.24) is 9.97 Å². The molecule has 81 heavy (non-hydrogen) atoms. The molecule has 6 nitrogen and oxygen atoms in total. The van der Waals surface area contributed by atoms with E-state index < -0.39 is 0 Å². The number of aliphatic hydroxyl groups excluding tert-OH is 2. The van der Waals surface area contributed by atoms with Crippen molar-refractivity contribution in [2.45, 2.75) is 155 Å². The summed E-state index contributed by atoms with van der Waals surface area (Å²) in [4.78, 5) is 35.4. The van der Waals surface area contributed by atoms with Crippen LogP contribution in [0.4, 0.5) is 0 Å². The van der Waals surface area contributed by atoms with E-state index in [9.17, 15) is 19.8 Å². The molecule has 0 fully saturated rings. The number of allylic oxidation sites excluding steroid dienone is 4. The molecule has 0 aliphatic heterocycles. The van der Waals surface area contributed by atoms with Gasteiger partial charge in [0.25, 0.3) is 0 Å². The zero-order chi connectivity index (χ0) is 57.9. The van der Waals surface area contributed by atoms with Gasteiger partial charge in [-0.1, -0.05) is 143 Å². The number of rotatable bonds is 18. The van der Waals surface area contributed by atoms with Crippen LogP contribution in [0.25, 0.3) is 63.6 Å². The van der Waals surface area contributed by atoms with E-state index in [0.717, 1.165) is 85.0 Å². The topological polar surface area (TPSA) is 100 Å². The monoisotopic (exact) mass is 1480 g/mol. The van der Waals surface area contributed by atoms with Gasteiger partial charge in [-0.3, -0.25) is 9.59 Å². The molecule has 0 aliphatic rings. The minimum absolute atomic E-state index is 0. The number of hydrogen-bond acceptors (Lipinski definition) is 8. The third-order valence-electron chi connectivity index (χ3n) is 14.9. The molecule has 8 aromatic rings. The molecular formula is C71H86Ir2N2O4S2-2. The van der Waals surface area contributed by atoms with Gasteiger partial charge in [-0.05, 0) is 118 Å². The van der Waals surface area contributed by atoms with Crippen LogP contribution in [-0.4, -0.2) is 31.7 Å². The van der Waals surface area contributed by atoms with Gasteiger partial charge in [0.05, 0.1) is 11.5 Å². The summed E-state index contributed by atoms with van der Waals surface area (Å²) < 4.78 is 2.54. The van der Waals surface area contributed by atoms with Crippen molar-refractivity contribution in [2.24, 2.45) is 23.7 Å². The fraction of sp³-hybridized carbons (Fsp3) is 0.380. The van der Waals surface area contributed by atoms with E-state index in [0.29, 0.717) is 0 Å². The maximum Gasteiger partial charge on any atom is 0.162 e. The van der Waals surface area contributed by atoms with Gasteiger partial charge in [-0.15, -0.1) is 92.5 Å². The molecule has 0 amide bonds. The second-order valence-electron chi connectivity index (χ2n) is 21.1. The third-order valence-corrected chi connectivity index (χ3v) is 17.1. The van der Waals surface area contributed by atoms with E-state index in [1.54, 1.807) is 0 Å². The number of benzene rings is 4. The summed E-state index contributed by atoms with van der Waals surface area (Å²) in [5.74, 6) is 1.09. The number of ketones is 2. The Labute approximate surface area is 520 Å². The van der Waals surface area contributed by atoms with Crippen molar-refractivity contribution < 1.29 is 60.0 Å². The summed E-state index contributed by atoms with van der Waals surface area (Å²) in [7, 11) is 0. The number of carbonyl (C=O) groups excluding carboxylic acids is 2. The maximum atomic E-state index is 11.7. The molecule has 0 aliphatic carbocycles.